The Labute approximate surface area is 187 Å². The zero-order valence-electron chi connectivity index (χ0n) is 17.9. The third-order valence-electron chi connectivity index (χ3n) is 5.30. The lowest BCUT2D eigenvalue weighted by atomic mass is 9.78. The van der Waals surface area contributed by atoms with Crippen molar-refractivity contribution in [1.29, 1.82) is 0 Å². The molecule has 0 radical (unpaired) electrons. The molecule has 1 aliphatic rings. The van der Waals surface area contributed by atoms with Crippen molar-refractivity contribution >= 4 is 39.8 Å². The van der Waals surface area contributed by atoms with Crippen LogP contribution >= 0.6 is 22.9 Å². The average Bonchev–Trinajstić information content (AvgIpc) is 3.06. The van der Waals surface area contributed by atoms with Crippen molar-refractivity contribution in [2.45, 2.75) is 46.6 Å². The van der Waals surface area contributed by atoms with Gasteiger partial charge in [0.2, 0.25) is 0 Å². The Balaban J connectivity index is 1.64. The van der Waals surface area contributed by atoms with E-state index in [9.17, 15) is 9.59 Å². The number of hydrogen-bond donors (Lipinski definition) is 2. The highest BCUT2D eigenvalue weighted by Crippen LogP contribution is 2.34. The van der Waals surface area contributed by atoms with Crippen LogP contribution < -0.4 is 10.6 Å². The maximum absolute atomic E-state index is 12.8. The van der Waals surface area contributed by atoms with Crippen molar-refractivity contribution in [2.24, 2.45) is 11.3 Å². The van der Waals surface area contributed by atoms with E-state index < -0.39 is 0 Å². The van der Waals surface area contributed by atoms with Gasteiger partial charge in [0.1, 0.15) is 0 Å². The molecule has 162 valence electrons. The van der Waals surface area contributed by atoms with E-state index in [-0.39, 0.29) is 23.3 Å². The molecule has 0 bridgehead atoms. The Morgan fingerprint density at radius 3 is 2.67 bits per heavy atom. The molecule has 1 aliphatic heterocycles. The summed E-state index contributed by atoms with van der Waals surface area (Å²) in [4.78, 5) is 25.9. The summed E-state index contributed by atoms with van der Waals surface area (Å²) < 4.78 is 6.01. The van der Waals surface area contributed by atoms with E-state index in [1.165, 1.54) is 11.3 Å². The molecule has 2 amide bonds. The Kier molecular flexibility index (Phi) is 7.22. The number of ether oxygens (including phenoxy) is 1. The van der Waals surface area contributed by atoms with Crippen molar-refractivity contribution in [3.05, 3.63) is 51.4 Å². The van der Waals surface area contributed by atoms with Gasteiger partial charge in [-0.25, -0.2) is 0 Å². The van der Waals surface area contributed by atoms with Crippen LogP contribution in [0.25, 0.3) is 0 Å². The molecule has 1 fully saturated rings. The molecule has 1 aromatic carbocycles. The van der Waals surface area contributed by atoms with Gasteiger partial charge in [-0.15, -0.1) is 11.3 Å². The number of halogens is 1. The monoisotopic (exact) mass is 448 g/mol. The molecule has 30 heavy (non-hydrogen) atoms. The second kappa shape index (κ2) is 9.50. The normalized spacial score (nSPS) is 19.4. The highest BCUT2D eigenvalue weighted by molar-refractivity contribution is 7.18. The molecule has 5 nitrogen and oxygen atoms in total. The first kappa shape index (κ1) is 22.8. The first-order valence-electron chi connectivity index (χ1n) is 10.2. The summed E-state index contributed by atoms with van der Waals surface area (Å²) in [5, 5.41) is 6.93. The molecule has 7 heteroatoms. The number of thiophene rings is 1. The maximum Gasteiger partial charge on any atom is 0.261 e. The zero-order chi connectivity index (χ0) is 21.9. The summed E-state index contributed by atoms with van der Waals surface area (Å²) >= 11 is 7.37. The van der Waals surface area contributed by atoms with Crippen molar-refractivity contribution < 1.29 is 14.3 Å². The third kappa shape index (κ3) is 5.42. The first-order valence-corrected chi connectivity index (χ1v) is 11.4. The van der Waals surface area contributed by atoms with Crippen LogP contribution in [-0.2, 0) is 4.74 Å². The zero-order valence-corrected chi connectivity index (χ0v) is 19.5. The molecule has 1 saturated heterocycles. The fourth-order valence-corrected chi connectivity index (χ4v) is 5.11. The van der Waals surface area contributed by atoms with Crippen LogP contribution in [0, 0.1) is 18.3 Å². The molecule has 2 N–H and O–H groups in total. The molecule has 2 atom stereocenters. The number of carbonyl (C=O) groups is 2. The van der Waals surface area contributed by atoms with E-state index in [2.05, 4.69) is 31.4 Å². The lowest BCUT2D eigenvalue weighted by Gasteiger charge is -2.40. The number of aryl methyl sites for hydroxylation is 1. The highest BCUT2D eigenvalue weighted by atomic mass is 35.5. The van der Waals surface area contributed by atoms with E-state index >= 15 is 0 Å². The molecular weight excluding hydrogens is 420 g/mol. The molecule has 2 unspecified atom stereocenters. The summed E-state index contributed by atoms with van der Waals surface area (Å²) in [7, 11) is 0. The van der Waals surface area contributed by atoms with E-state index in [0.29, 0.717) is 32.9 Å². The van der Waals surface area contributed by atoms with Gasteiger partial charge in [-0.1, -0.05) is 44.5 Å². The summed E-state index contributed by atoms with van der Waals surface area (Å²) in [5.41, 5.74) is 1.27. The molecule has 0 spiro atoms. The fourth-order valence-electron chi connectivity index (χ4n) is 3.91. The highest BCUT2D eigenvalue weighted by Gasteiger charge is 2.35. The average molecular weight is 449 g/mol. The number of amides is 2. The van der Waals surface area contributed by atoms with E-state index in [0.717, 1.165) is 25.0 Å². The molecule has 1 aromatic heterocycles. The van der Waals surface area contributed by atoms with E-state index in [4.69, 9.17) is 16.3 Å². The minimum Gasteiger partial charge on any atom is -0.377 e. The number of nitrogens with one attached hydrogen (secondary N) is 2. The van der Waals surface area contributed by atoms with Crippen molar-refractivity contribution in [3.8, 4) is 0 Å². The van der Waals surface area contributed by atoms with Crippen LogP contribution in [0.3, 0.4) is 0 Å². The quantitative estimate of drug-likeness (QED) is 0.631. The standard InChI is InChI=1S/C23H29ClN2O3S/c1-14-12-18(26-21(27)16-9-5-6-10-17(16)24)30-19(14)22(28)25-13-15-8-7-11-29-20(15)23(2,3)4/h5-6,9-10,12,15,20H,7-8,11,13H2,1-4H3,(H,25,28)(H,26,27). The van der Waals surface area contributed by atoms with E-state index in [1.807, 2.05) is 13.0 Å². The Morgan fingerprint density at radius 2 is 1.97 bits per heavy atom. The Morgan fingerprint density at radius 1 is 1.23 bits per heavy atom. The van der Waals surface area contributed by atoms with Gasteiger partial charge in [0.15, 0.2) is 0 Å². The topological polar surface area (TPSA) is 67.4 Å². The summed E-state index contributed by atoms with van der Waals surface area (Å²) in [6, 6.07) is 8.70. The summed E-state index contributed by atoms with van der Waals surface area (Å²) in [5.74, 6) is -0.113. The largest absolute Gasteiger partial charge is 0.377 e. The smallest absolute Gasteiger partial charge is 0.261 e. The lowest BCUT2D eigenvalue weighted by molar-refractivity contribution is -0.0839. The summed E-state index contributed by atoms with van der Waals surface area (Å²) in [6.07, 6.45) is 2.19. The van der Waals surface area contributed by atoms with Gasteiger partial charge >= 0.3 is 0 Å². The Hall–Kier alpha value is -1.89. The van der Waals surface area contributed by atoms with Crippen molar-refractivity contribution in [3.63, 3.8) is 0 Å². The number of carbonyl (C=O) groups excluding carboxylic acids is 2. The van der Waals surface area contributed by atoms with Crippen molar-refractivity contribution in [2.75, 3.05) is 18.5 Å². The van der Waals surface area contributed by atoms with Gasteiger partial charge in [-0.2, -0.15) is 0 Å². The predicted molar refractivity (Wildman–Crippen MR) is 123 cm³/mol. The van der Waals surface area contributed by atoms with Crippen molar-refractivity contribution in [1.82, 2.24) is 5.32 Å². The van der Waals surface area contributed by atoms with Gasteiger partial charge in [-0.05, 0) is 48.9 Å². The fraction of sp³-hybridized carbons (Fsp3) is 0.478. The number of hydrogen-bond acceptors (Lipinski definition) is 4. The number of anilines is 1. The molecular formula is C23H29ClN2O3S. The third-order valence-corrected chi connectivity index (χ3v) is 6.78. The minimum atomic E-state index is -0.291. The lowest BCUT2D eigenvalue weighted by Crippen LogP contribution is -2.45. The second-order valence-corrected chi connectivity index (χ2v) is 10.3. The Bertz CT molecular complexity index is 919. The van der Waals surface area contributed by atoms with Crippen LogP contribution in [0.5, 0.6) is 0 Å². The molecule has 0 saturated carbocycles. The molecule has 2 aromatic rings. The van der Waals surface area contributed by atoms with Gasteiger partial charge < -0.3 is 15.4 Å². The van der Waals surface area contributed by atoms with Gasteiger partial charge in [0, 0.05) is 19.1 Å². The molecule has 0 aliphatic carbocycles. The predicted octanol–water partition coefficient (Wildman–Crippen LogP) is 5.53. The van der Waals surface area contributed by atoms with Crippen LogP contribution in [-0.4, -0.2) is 31.1 Å². The number of rotatable bonds is 5. The molecule has 2 heterocycles. The van der Waals surface area contributed by atoms with Gasteiger partial charge in [0.25, 0.3) is 11.8 Å². The SMILES string of the molecule is Cc1cc(NC(=O)c2ccccc2Cl)sc1C(=O)NCC1CCCOC1C(C)(C)C. The molecule has 3 rings (SSSR count). The first-order chi connectivity index (χ1) is 14.2. The van der Waals surface area contributed by atoms with Crippen LogP contribution in [0.4, 0.5) is 5.00 Å². The van der Waals surface area contributed by atoms with Gasteiger partial charge in [-0.3, -0.25) is 9.59 Å². The van der Waals surface area contributed by atoms with Crippen LogP contribution in [0.2, 0.25) is 5.02 Å². The van der Waals surface area contributed by atoms with Gasteiger partial charge in [0.05, 0.1) is 26.6 Å². The van der Waals surface area contributed by atoms with Crippen LogP contribution in [0.15, 0.2) is 30.3 Å². The summed E-state index contributed by atoms with van der Waals surface area (Å²) in [6.45, 7) is 9.77. The maximum atomic E-state index is 12.8. The number of benzene rings is 1. The second-order valence-electron chi connectivity index (χ2n) is 8.83. The van der Waals surface area contributed by atoms with E-state index in [1.54, 1.807) is 24.3 Å². The minimum absolute atomic E-state index is 0.0326. The van der Waals surface area contributed by atoms with Crippen LogP contribution in [0.1, 0.15) is 59.2 Å².